The lowest BCUT2D eigenvalue weighted by molar-refractivity contribution is -0.144. The molecule has 0 aliphatic carbocycles. The van der Waals surface area contributed by atoms with Crippen molar-refractivity contribution in [2.45, 2.75) is 253 Å². The Morgan fingerprint density at radius 1 is 0.330 bits per heavy atom. The van der Waals surface area contributed by atoms with Crippen LogP contribution in [0.25, 0.3) is 0 Å². The van der Waals surface area contributed by atoms with Crippen molar-refractivity contribution in [2.24, 2.45) is 33.0 Å². The summed E-state index contributed by atoms with van der Waals surface area (Å²) >= 11 is 0. The number of aliphatic hydroxyl groups is 5. The molecule has 15 nitrogen and oxygen atoms in total. The fraction of sp³-hybridized carbons (Fsp3) is 0.557. The SMILES string of the molecule is CCC(C)(C)C(=O)Oc1ccc(C(C)(C)O)cc1.CCC(C)(C)C(=O)Oc1ccc(C(C)(O)C(C)C)cc1.CCC(C)(C)C(=O)Oc1ccc(C(C)(O)CC)cc1.CCC(C)(C)C(=O)Oc1ccc(C(C)O)cc1.CCCC(C)(O)c1ccc(OC(=O)C(C)(C)CC)cc1. The Kier molecular flexibility index (Phi) is 33.0. The first-order chi connectivity index (χ1) is 43.1. The van der Waals surface area contributed by atoms with Gasteiger partial charge in [0.1, 0.15) is 28.7 Å². The van der Waals surface area contributed by atoms with Crippen molar-refractivity contribution in [2.75, 3.05) is 0 Å². The molecule has 0 amide bonds. The second-order valence-electron chi connectivity index (χ2n) is 29.0. The standard InChI is InChI=1S/2C17H26O3.C16H24O3.C15H22O3.C14H20O3/c1-7-16(4,5)15(18)20-14-10-8-13(9-11-14)17(6,19)12(2)3;1-6-12-17(5,19)13-8-10-14(11-9-13)20-15(18)16(3,4)7-2;1-6-15(3,4)14(17)19-13-10-8-12(9-11-13)16(5,18)7-2;1-6-14(2,3)13(16)18-12-9-7-11(8-10-12)15(4,5)17;1-5-14(3,4)13(16)17-12-8-6-11(7-9-12)10(2)15/h8-12,19H,7H2,1-6H3;8-11,19H,6-7,12H2,1-5H3;8-11,18H,6-7H2,1-5H3;7-10,17H,6H2,1-5H3;6-10,15H,5H2,1-4H3. The third kappa shape index (κ3) is 27.2. The summed E-state index contributed by atoms with van der Waals surface area (Å²) in [5, 5.41) is 50.0. The molecule has 0 aliphatic rings. The van der Waals surface area contributed by atoms with Crippen molar-refractivity contribution in [3.8, 4) is 28.7 Å². The molecule has 0 aromatic heterocycles. The minimum atomic E-state index is -0.884. The van der Waals surface area contributed by atoms with Gasteiger partial charge in [0.25, 0.3) is 0 Å². The van der Waals surface area contributed by atoms with Gasteiger partial charge in [-0.2, -0.15) is 0 Å². The van der Waals surface area contributed by atoms with Gasteiger partial charge < -0.3 is 49.2 Å². The van der Waals surface area contributed by atoms with Crippen molar-refractivity contribution in [3.05, 3.63) is 149 Å². The highest BCUT2D eigenvalue weighted by Crippen LogP contribution is 2.34. The predicted molar refractivity (Wildman–Crippen MR) is 375 cm³/mol. The lowest BCUT2D eigenvalue weighted by atomic mass is 9.85. The second kappa shape index (κ2) is 36.4. The van der Waals surface area contributed by atoms with E-state index in [0.29, 0.717) is 41.6 Å². The van der Waals surface area contributed by atoms with Crippen LogP contribution in [0.15, 0.2) is 121 Å². The second-order valence-corrected chi connectivity index (χ2v) is 29.0. The highest BCUT2D eigenvalue weighted by molar-refractivity contribution is 5.80. The minimum absolute atomic E-state index is 0.106. The fourth-order valence-corrected chi connectivity index (χ4v) is 7.49. The van der Waals surface area contributed by atoms with Gasteiger partial charge in [-0.3, -0.25) is 24.0 Å². The van der Waals surface area contributed by atoms with Crippen LogP contribution in [0.3, 0.4) is 0 Å². The molecule has 0 saturated heterocycles. The highest BCUT2D eigenvalue weighted by Gasteiger charge is 2.33. The molecule has 5 rings (SSSR count). The summed E-state index contributed by atoms with van der Waals surface area (Å²) in [5.74, 6) is 1.52. The van der Waals surface area contributed by atoms with Crippen LogP contribution in [-0.2, 0) is 46.4 Å². The van der Waals surface area contributed by atoms with Crippen LogP contribution in [0.1, 0.15) is 258 Å². The zero-order chi connectivity index (χ0) is 72.6. The number of ether oxygens (including phenoxy) is 5. The Labute approximate surface area is 564 Å². The van der Waals surface area contributed by atoms with Crippen molar-refractivity contribution in [1.82, 2.24) is 0 Å². The third-order valence-corrected chi connectivity index (χ3v) is 18.1. The Morgan fingerprint density at radius 2 is 0.553 bits per heavy atom. The smallest absolute Gasteiger partial charge is 0.316 e. The van der Waals surface area contributed by atoms with Crippen LogP contribution in [0.2, 0.25) is 0 Å². The Bertz CT molecular complexity index is 3100. The first-order valence-corrected chi connectivity index (χ1v) is 33.3. The van der Waals surface area contributed by atoms with Crippen LogP contribution in [0.4, 0.5) is 0 Å². The van der Waals surface area contributed by atoms with Crippen LogP contribution in [-0.4, -0.2) is 55.4 Å². The van der Waals surface area contributed by atoms with E-state index >= 15 is 0 Å². The molecule has 5 aromatic rings. The number of benzene rings is 5. The highest BCUT2D eigenvalue weighted by atomic mass is 16.6. The molecule has 4 unspecified atom stereocenters. The van der Waals surface area contributed by atoms with Gasteiger partial charge in [0, 0.05) is 0 Å². The summed E-state index contributed by atoms with van der Waals surface area (Å²) in [6, 6.07) is 35.1. The van der Waals surface area contributed by atoms with Crippen molar-refractivity contribution in [1.29, 1.82) is 0 Å². The first-order valence-electron chi connectivity index (χ1n) is 33.3. The van der Waals surface area contributed by atoms with Gasteiger partial charge in [0.15, 0.2) is 0 Å². The molecule has 94 heavy (non-hydrogen) atoms. The third-order valence-electron chi connectivity index (χ3n) is 18.1. The van der Waals surface area contributed by atoms with Crippen LogP contribution < -0.4 is 23.7 Å². The van der Waals surface area contributed by atoms with E-state index in [-0.39, 0.29) is 35.8 Å². The maximum atomic E-state index is 12.0. The number of hydrogen-bond donors (Lipinski definition) is 5. The van der Waals surface area contributed by atoms with Gasteiger partial charge in [-0.1, -0.05) is 129 Å². The van der Waals surface area contributed by atoms with E-state index < -0.39 is 55.6 Å². The maximum Gasteiger partial charge on any atom is 0.316 e. The average molecular weight is 1310 g/mol. The molecular formula is C79H118O15. The van der Waals surface area contributed by atoms with Crippen molar-refractivity contribution < 1.29 is 73.2 Å². The zero-order valence-electron chi connectivity index (χ0n) is 61.7. The molecule has 0 spiro atoms. The van der Waals surface area contributed by atoms with Crippen LogP contribution in [0, 0.1) is 33.0 Å². The van der Waals surface area contributed by atoms with E-state index in [1.807, 2.05) is 156 Å². The predicted octanol–water partition coefficient (Wildman–Crippen LogP) is 17.9. The topological polar surface area (TPSA) is 233 Å². The van der Waals surface area contributed by atoms with Gasteiger partial charge >= 0.3 is 29.8 Å². The molecule has 0 aliphatic heterocycles. The van der Waals surface area contributed by atoms with E-state index in [1.54, 1.807) is 139 Å². The van der Waals surface area contributed by atoms with E-state index in [4.69, 9.17) is 23.7 Å². The molecule has 0 heterocycles. The van der Waals surface area contributed by atoms with Gasteiger partial charge in [-0.05, 0) is 250 Å². The number of esters is 5. The van der Waals surface area contributed by atoms with Crippen LogP contribution in [0.5, 0.6) is 28.7 Å². The lowest BCUT2D eigenvalue weighted by Crippen LogP contribution is -2.29. The molecule has 0 fully saturated rings. The number of aliphatic hydroxyl groups excluding tert-OH is 1. The molecule has 15 heteroatoms. The molecule has 5 N–H and O–H groups in total. The summed E-state index contributed by atoms with van der Waals surface area (Å²) in [5.41, 5.74) is -1.75. The molecule has 0 saturated carbocycles. The van der Waals surface area contributed by atoms with Crippen LogP contribution >= 0.6 is 0 Å². The normalized spacial score (nSPS) is 14.1. The minimum Gasteiger partial charge on any atom is -0.426 e. The summed E-state index contributed by atoms with van der Waals surface area (Å²) in [7, 11) is 0. The van der Waals surface area contributed by atoms with Gasteiger partial charge in [-0.15, -0.1) is 0 Å². The first kappa shape index (κ1) is 85.3. The Balaban J connectivity index is 0.000000588. The molecule has 0 bridgehead atoms. The Hall–Kier alpha value is -6.75. The number of rotatable bonds is 24. The summed E-state index contributed by atoms with van der Waals surface area (Å²) in [6.45, 7) is 46.9. The van der Waals surface area contributed by atoms with Gasteiger partial charge in [-0.25, -0.2) is 0 Å². The monoisotopic (exact) mass is 1310 g/mol. The maximum absolute atomic E-state index is 12.0. The number of carbonyl (C=O) groups excluding carboxylic acids is 5. The molecule has 5 aromatic carbocycles. The van der Waals surface area contributed by atoms with Gasteiger partial charge in [0.05, 0.1) is 55.6 Å². The van der Waals surface area contributed by atoms with E-state index in [0.717, 1.165) is 66.3 Å². The summed E-state index contributed by atoms with van der Waals surface area (Å²) in [4.78, 5) is 59.6. The van der Waals surface area contributed by atoms with E-state index in [9.17, 15) is 49.5 Å². The van der Waals surface area contributed by atoms with E-state index in [2.05, 4.69) is 0 Å². The van der Waals surface area contributed by atoms with Gasteiger partial charge in [0.2, 0.25) is 0 Å². The zero-order valence-corrected chi connectivity index (χ0v) is 61.7. The molecule has 524 valence electrons. The quantitative estimate of drug-likeness (QED) is 0.0286. The average Bonchev–Trinajstić information content (AvgIpc) is 1.89. The molecular weight excluding hydrogens is 1190 g/mol. The molecule has 4 atom stereocenters. The summed E-state index contributed by atoms with van der Waals surface area (Å²) in [6.07, 6.45) is 5.39. The number of carbonyl (C=O) groups is 5. The summed E-state index contributed by atoms with van der Waals surface area (Å²) < 4.78 is 26.7. The largest absolute Gasteiger partial charge is 0.426 e. The van der Waals surface area contributed by atoms with Crippen molar-refractivity contribution in [3.63, 3.8) is 0 Å². The molecule has 0 radical (unpaired) electrons. The number of hydrogen-bond acceptors (Lipinski definition) is 15. The Morgan fingerprint density at radius 3 is 0.755 bits per heavy atom. The van der Waals surface area contributed by atoms with E-state index in [1.165, 1.54) is 0 Å². The van der Waals surface area contributed by atoms with Crippen molar-refractivity contribution >= 4 is 29.8 Å². The fourth-order valence-electron chi connectivity index (χ4n) is 7.49. The lowest BCUT2D eigenvalue weighted by Gasteiger charge is -2.28.